The number of aryl methyl sites for hydroxylation is 1. The lowest BCUT2D eigenvalue weighted by molar-refractivity contribution is -0.138. The fraction of sp³-hybridized carbons (Fsp3) is 0.231. The highest BCUT2D eigenvalue weighted by molar-refractivity contribution is 7.14. The number of rotatable bonds is 2. The van der Waals surface area contributed by atoms with Crippen LogP contribution in [0.15, 0.2) is 23.6 Å². The van der Waals surface area contributed by atoms with Gasteiger partial charge in [-0.15, -0.1) is 11.3 Å². The molecule has 1 amide bonds. The normalized spacial score (nSPS) is 11.4. The van der Waals surface area contributed by atoms with Gasteiger partial charge in [-0.05, 0) is 18.6 Å². The van der Waals surface area contributed by atoms with E-state index >= 15 is 0 Å². The van der Waals surface area contributed by atoms with Crippen molar-refractivity contribution in [2.24, 2.45) is 0 Å². The Labute approximate surface area is 117 Å². The van der Waals surface area contributed by atoms with Crippen LogP contribution in [0.5, 0.6) is 0 Å². The summed E-state index contributed by atoms with van der Waals surface area (Å²) in [7, 11) is 0. The molecular formula is C13H11F3N2OS. The second kappa shape index (κ2) is 5.24. The van der Waals surface area contributed by atoms with Crippen molar-refractivity contribution in [1.82, 2.24) is 4.98 Å². The molecule has 3 nitrogen and oxygen atoms in total. The number of carbonyl (C=O) groups is 1. The maximum atomic E-state index is 12.8. The monoisotopic (exact) mass is 300 g/mol. The van der Waals surface area contributed by atoms with Gasteiger partial charge in [0.1, 0.15) is 0 Å². The third-order valence-corrected chi connectivity index (χ3v) is 3.38. The van der Waals surface area contributed by atoms with Crippen molar-refractivity contribution in [3.63, 3.8) is 0 Å². The zero-order valence-corrected chi connectivity index (χ0v) is 11.5. The summed E-state index contributed by atoms with van der Waals surface area (Å²) in [5.74, 6) is -0.272. The number of anilines is 1. The van der Waals surface area contributed by atoms with Crippen molar-refractivity contribution in [3.8, 4) is 11.3 Å². The number of benzene rings is 1. The molecule has 1 aromatic heterocycles. The van der Waals surface area contributed by atoms with Gasteiger partial charge in [-0.3, -0.25) is 4.79 Å². The molecule has 0 atom stereocenters. The van der Waals surface area contributed by atoms with Crippen LogP contribution in [0.4, 0.5) is 18.3 Å². The van der Waals surface area contributed by atoms with E-state index in [-0.39, 0.29) is 11.5 Å². The number of thiazole rings is 1. The average Bonchev–Trinajstić information content (AvgIpc) is 2.75. The van der Waals surface area contributed by atoms with Crippen molar-refractivity contribution in [2.45, 2.75) is 20.0 Å². The van der Waals surface area contributed by atoms with Crippen LogP contribution in [0, 0.1) is 6.92 Å². The second-order valence-electron chi connectivity index (χ2n) is 4.25. The van der Waals surface area contributed by atoms with E-state index in [1.165, 1.54) is 31.3 Å². The Morgan fingerprint density at radius 1 is 1.35 bits per heavy atom. The maximum absolute atomic E-state index is 12.8. The third kappa shape index (κ3) is 3.16. The molecule has 106 valence electrons. The maximum Gasteiger partial charge on any atom is 0.416 e. The molecule has 0 aliphatic heterocycles. The summed E-state index contributed by atoms with van der Waals surface area (Å²) in [6.07, 6.45) is -4.39. The van der Waals surface area contributed by atoms with Crippen LogP contribution in [-0.4, -0.2) is 10.9 Å². The number of hydrogen-bond donors (Lipinski definition) is 1. The SMILES string of the molecule is CC(=O)Nc1nc(-c2ccc(C)c(C(F)(F)F)c2)cs1. The van der Waals surface area contributed by atoms with Crippen molar-refractivity contribution in [2.75, 3.05) is 5.32 Å². The predicted molar refractivity (Wildman–Crippen MR) is 71.6 cm³/mol. The molecule has 2 rings (SSSR count). The van der Waals surface area contributed by atoms with Crippen LogP contribution in [0.2, 0.25) is 0 Å². The predicted octanol–water partition coefficient (Wildman–Crippen LogP) is 4.10. The number of nitrogens with zero attached hydrogens (tertiary/aromatic N) is 1. The Kier molecular flexibility index (Phi) is 3.80. The molecule has 0 fully saturated rings. The van der Waals surface area contributed by atoms with Crippen molar-refractivity contribution < 1.29 is 18.0 Å². The first-order valence-corrected chi connectivity index (χ1v) is 6.56. The molecule has 1 aromatic carbocycles. The van der Waals surface area contributed by atoms with Crippen LogP contribution < -0.4 is 5.32 Å². The molecule has 0 aliphatic rings. The van der Waals surface area contributed by atoms with Gasteiger partial charge in [-0.2, -0.15) is 13.2 Å². The summed E-state index contributed by atoms with van der Waals surface area (Å²) in [5.41, 5.74) is 0.266. The first-order valence-electron chi connectivity index (χ1n) is 5.68. The van der Waals surface area contributed by atoms with Crippen LogP contribution in [0.1, 0.15) is 18.1 Å². The minimum Gasteiger partial charge on any atom is -0.302 e. The minimum atomic E-state index is -4.39. The summed E-state index contributed by atoms with van der Waals surface area (Å²) >= 11 is 1.17. The Morgan fingerprint density at radius 2 is 2.05 bits per heavy atom. The largest absolute Gasteiger partial charge is 0.416 e. The van der Waals surface area contributed by atoms with E-state index in [9.17, 15) is 18.0 Å². The number of alkyl halides is 3. The Morgan fingerprint density at radius 3 is 2.65 bits per heavy atom. The third-order valence-electron chi connectivity index (χ3n) is 2.63. The van der Waals surface area contributed by atoms with Crippen molar-refractivity contribution in [3.05, 3.63) is 34.7 Å². The lowest BCUT2D eigenvalue weighted by Crippen LogP contribution is -2.07. The molecule has 0 aliphatic carbocycles. The fourth-order valence-electron chi connectivity index (χ4n) is 1.70. The molecule has 0 unspecified atom stereocenters. The van der Waals surface area contributed by atoms with E-state index in [1.807, 2.05) is 0 Å². The molecule has 7 heteroatoms. The average molecular weight is 300 g/mol. The van der Waals surface area contributed by atoms with Gasteiger partial charge in [0, 0.05) is 17.9 Å². The first-order chi connectivity index (χ1) is 9.27. The van der Waals surface area contributed by atoms with E-state index in [4.69, 9.17) is 0 Å². The number of aromatic nitrogens is 1. The van der Waals surface area contributed by atoms with Gasteiger partial charge >= 0.3 is 6.18 Å². The van der Waals surface area contributed by atoms with E-state index in [0.717, 1.165) is 6.07 Å². The lowest BCUT2D eigenvalue weighted by Gasteiger charge is -2.11. The van der Waals surface area contributed by atoms with E-state index in [1.54, 1.807) is 11.4 Å². The smallest absolute Gasteiger partial charge is 0.302 e. The van der Waals surface area contributed by atoms with Gasteiger partial charge in [0.15, 0.2) is 5.13 Å². The summed E-state index contributed by atoms with van der Waals surface area (Å²) in [6, 6.07) is 4.06. The highest BCUT2D eigenvalue weighted by atomic mass is 32.1. The van der Waals surface area contributed by atoms with Crippen molar-refractivity contribution >= 4 is 22.4 Å². The summed E-state index contributed by atoms with van der Waals surface area (Å²) in [5, 5.41) is 4.47. The van der Waals surface area contributed by atoms with Gasteiger partial charge in [0.25, 0.3) is 0 Å². The van der Waals surface area contributed by atoms with E-state index in [2.05, 4.69) is 10.3 Å². The standard InChI is InChI=1S/C13H11F3N2OS/c1-7-3-4-9(5-10(7)13(14,15)16)11-6-20-12(18-11)17-8(2)19/h3-6H,1-2H3,(H,17,18,19). The highest BCUT2D eigenvalue weighted by Crippen LogP contribution is 2.35. The highest BCUT2D eigenvalue weighted by Gasteiger charge is 2.32. The number of amides is 1. The van der Waals surface area contributed by atoms with Crippen LogP contribution >= 0.6 is 11.3 Å². The van der Waals surface area contributed by atoms with Gasteiger partial charge in [0.2, 0.25) is 5.91 Å². The first kappa shape index (κ1) is 14.5. The van der Waals surface area contributed by atoms with Gasteiger partial charge in [-0.25, -0.2) is 4.98 Å². The molecule has 1 heterocycles. The topological polar surface area (TPSA) is 42.0 Å². The van der Waals surface area contributed by atoms with Gasteiger partial charge in [0.05, 0.1) is 11.3 Å². The van der Waals surface area contributed by atoms with Gasteiger partial charge in [-0.1, -0.05) is 12.1 Å². The number of carbonyl (C=O) groups excluding carboxylic acids is 1. The minimum absolute atomic E-state index is 0.165. The zero-order chi connectivity index (χ0) is 14.9. The second-order valence-corrected chi connectivity index (χ2v) is 5.10. The fourth-order valence-corrected chi connectivity index (χ4v) is 2.47. The summed E-state index contributed by atoms with van der Waals surface area (Å²) < 4.78 is 38.5. The molecule has 1 N–H and O–H groups in total. The number of hydrogen-bond acceptors (Lipinski definition) is 3. The Hall–Kier alpha value is -1.89. The van der Waals surface area contributed by atoms with Gasteiger partial charge < -0.3 is 5.32 Å². The molecule has 0 spiro atoms. The molecule has 0 radical (unpaired) electrons. The van der Waals surface area contributed by atoms with Crippen molar-refractivity contribution in [1.29, 1.82) is 0 Å². The molecule has 20 heavy (non-hydrogen) atoms. The van der Waals surface area contributed by atoms with Crippen LogP contribution in [0.3, 0.4) is 0 Å². The Balaban J connectivity index is 2.38. The summed E-state index contributed by atoms with van der Waals surface area (Å²) in [4.78, 5) is 15.0. The molecule has 0 saturated heterocycles. The quantitative estimate of drug-likeness (QED) is 0.907. The molecule has 0 bridgehead atoms. The molecule has 2 aromatic rings. The summed E-state index contributed by atoms with van der Waals surface area (Å²) in [6.45, 7) is 2.76. The van der Waals surface area contributed by atoms with E-state index < -0.39 is 11.7 Å². The van der Waals surface area contributed by atoms with Crippen LogP contribution in [-0.2, 0) is 11.0 Å². The molecular weight excluding hydrogens is 289 g/mol. The zero-order valence-electron chi connectivity index (χ0n) is 10.7. The lowest BCUT2D eigenvalue weighted by atomic mass is 10.0. The molecule has 0 saturated carbocycles. The Bertz CT molecular complexity index is 649. The van der Waals surface area contributed by atoms with E-state index in [0.29, 0.717) is 16.4 Å². The number of halogens is 3. The number of nitrogens with one attached hydrogen (secondary N) is 1. The van der Waals surface area contributed by atoms with Crippen LogP contribution in [0.25, 0.3) is 11.3 Å².